The van der Waals surface area contributed by atoms with Crippen molar-refractivity contribution >= 4 is 11.6 Å². The van der Waals surface area contributed by atoms with Crippen LogP contribution in [0.5, 0.6) is 0 Å². The molecule has 0 aliphatic heterocycles. The zero-order valence-electron chi connectivity index (χ0n) is 7.26. The lowest BCUT2D eigenvalue weighted by Crippen LogP contribution is -2.15. The third-order valence-corrected chi connectivity index (χ3v) is 2.12. The first-order chi connectivity index (χ1) is 6.20. The fourth-order valence-corrected chi connectivity index (χ4v) is 1.30. The monoisotopic (exact) mass is 203 g/mol. The van der Waals surface area contributed by atoms with Crippen molar-refractivity contribution in [3.05, 3.63) is 34.6 Å². The van der Waals surface area contributed by atoms with Crippen LogP contribution in [0.2, 0.25) is 5.02 Å². The molecule has 0 saturated carbocycles. The van der Waals surface area contributed by atoms with Gasteiger partial charge in [0.1, 0.15) is 5.82 Å². The molecule has 2 nitrogen and oxygen atoms in total. The molecule has 13 heavy (non-hydrogen) atoms. The molecule has 1 aromatic rings. The van der Waals surface area contributed by atoms with Crippen LogP contribution in [0.4, 0.5) is 4.39 Å². The lowest BCUT2D eigenvalue weighted by molar-refractivity contribution is 0.107. The van der Waals surface area contributed by atoms with Gasteiger partial charge in [0.15, 0.2) is 0 Å². The minimum Gasteiger partial charge on any atom is -0.375 e. The van der Waals surface area contributed by atoms with Gasteiger partial charge in [0, 0.05) is 19.2 Å². The van der Waals surface area contributed by atoms with Gasteiger partial charge >= 0.3 is 0 Å². The molecule has 1 rings (SSSR count). The summed E-state index contributed by atoms with van der Waals surface area (Å²) in [6.45, 7) is 0.230. The van der Waals surface area contributed by atoms with E-state index in [1.54, 1.807) is 12.1 Å². The van der Waals surface area contributed by atoms with Gasteiger partial charge < -0.3 is 10.5 Å². The first-order valence-electron chi connectivity index (χ1n) is 3.87. The van der Waals surface area contributed by atoms with Crippen molar-refractivity contribution in [1.29, 1.82) is 0 Å². The van der Waals surface area contributed by atoms with E-state index in [-0.39, 0.29) is 11.6 Å². The Labute approximate surface area is 81.4 Å². The van der Waals surface area contributed by atoms with E-state index in [4.69, 9.17) is 22.1 Å². The topological polar surface area (TPSA) is 35.2 Å². The molecule has 0 aliphatic rings. The normalized spacial score (nSPS) is 12.9. The summed E-state index contributed by atoms with van der Waals surface area (Å²) < 4.78 is 18.4. The summed E-state index contributed by atoms with van der Waals surface area (Å²) in [6, 6.07) is 4.77. The zero-order chi connectivity index (χ0) is 9.84. The Morgan fingerprint density at radius 1 is 1.62 bits per heavy atom. The largest absolute Gasteiger partial charge is 0.375 e. The van der Waals surface area contributed by atoms with Crippen LogP contribution in [0.25, 0.3) is 0 Å². The Balaban J connectivity index is 3.05. The highest BCUT2D eigenvalue weighted by atomic mass is 35.5. The van der Waals surface area contributed by atoms with Gasteiger partial charge in [0.05, 0.1) is 11.1 Å². The predicted molar refractivity (Wildman–Crippen MR) is 50.2 cm³/mol. The Kier molecular flexibility index (Phi) is 3.66. The van der Waals surface area contributed by atoms with E-state index in [1.807, 2.05) is 0 Å². The molecular weight excluding hydrogens is 193 g/mol. The number of ether oxygens (including phenoxy) is 1. The molecule has 0 amide bonds. The summed E-state index contributed by atoms with van der Waals surface area (Å²) in [5.41, 5.74) is 5.80. The summed E-state index contributed by atoms with van der Waals surface area (Å²) in [5.74, 6) is -0.457. The molecule has 0 heterocycles. The molecule has 0 fully saturated rings. The van der Waals surface area contributed by atoms with Crippen LogP contribution in [-0.2, 0) is 4.74 Å². The number of nitrogens with two attached hydrogens (primary N) is 1. The quantitative estimate of drug-likeness (QED) is 0.817. The van der Waals surface area contributed by atoms with Gasteiger partial charge in [-0.1, -0.05) is 23.7 Å². The zero-order valence-corrected chi connectivity index (χ0v) is 8.01. The average molecular weight is 204 g/mol. The third kappa shape index (κ3) is 2.18. The Hall–Kier alpha value is -0.640. The van der Waals surface area contributed by atoms with E-state index in [1.165, 1.54) is 13.2 Å². The minimum absolute atomic E-state index is 0.0907. The predicted octanol–water partition coefficient (Wildman–Crippen LogP) is 2.13. The van der Waals surface area contributed by atoms with Crippen LogP contribution in [0.3, 0.4) is 0 Å². The van der Waals surface area contributed by atoms with Crippen molar-refractivity contribution in [3.8, 4) is 0 Å². The van der Waals surface area contributed by atoms with Crippen molar-refractivity contribution in [2.75, 3.05) is 13.7 Å². The summed E-state index contributed by atoms with van der Waals surface area (Å²) >= 11 is 5.60. The van der Waals surface area contributed by atoms with Crippen molar-refractivity contribution in [1.82, 2.24) is 0 Å². The molecular formula is C9H11ClFNO. The van der Waals surface area contributed by atoms with Crippen molar-refractivity contribution < 1.29 is 9.13 Å². The highest BCUT2D eigenvalue weighted by Gasteiger charge is 2.14. The molecule has 1 aromatic carbocycles. The SMILES string of the molecule is COC(CN)c1cccc(Cl)c1F. The van der Waals surface area contributed by atoms with E-state index < -0.39 is 11.9 Å². The fourth-order valence-electron chi connectivity index (χ4n) is 1.12. The highest BCUT2D eigenvalue weighted by molar-refractivity contribution is 6.30. The molecule has 0 spiro atoms. The van der Waals surface area contributed by atoms with Gasteiger partial charge in [-0.15, -0.1) is 0 Å². The maximum atomic E-state index is 13.4. The first kappa shape index (κ1) is 10.4. The van der Waals surface area contributed by atoms with Crippen LogP contribution in [0.15, 0.2) is 18.2 Å². The average Bonchev–Trinajstić information content (AvgIpc) is 2.14. The van der Waals surface area contributed by atoms with Crippen molar-refractivity contribution in [3.63, 3.8) is 0 Å². The Morgan fingerprint density at radius 2 is 2.31 bits per heavy atom. The van der Waals surface area contributed by atoms with Gasteiger partial charge in [-0.3, -0.25) is 0 Å². The number of hydrogen-bond acceptors (Lipinski definition) is 2. The van der Waals surface area contributed by atoms with Gasteiger partial charge in [-0.2, -0.15) is 0 Å². The second-order valence-corrected chi connectivity index (χ2v) is 3.01. The van der Waals surface area contributed by atoms with E-state index in [2.05, 4.69) is 0 Å². The number of rotatable bonds is 3. The van der Waals surface area contributed by atoms with E-state index in [9.17, 15) is 4.39 Å². The highest BCUT2D eigenvalue weighted by Crippen LogP contribution is 2.24. The van der Waals surface area contributed by atoms with Gasteiger partial charge in [0.2, 0.25) is 0 Å². The molecule has 1 unspecified atom stereocenters. The van der Waals surface area contributed by atoms with E-state index in [0.717, 1.165) is 0 Å². The Morgan fingerprint density at radius 3 is 2.85 bits per heavy atom. The fraction of sp³-hybridized carbons (Fsp3) is 0.333. The molecule has 2 N–H and O–H groups in total. The first-order valence-corrected chi connectivity index (χ1v) is 4.25. The molecule has 0 radical (unpaired) electrons. The summed E-state index contributed by atoms with van der Waals surface area (Å²) in [6.07, 6.45) is -0.432. The van der Waals surface area contributed by atoms with Crippen LogP contribution in [0, 0.1) is 5.82 Å². The van der Waals surface area contributed by atoms with Gasteiger partial charge in [-0.05, 0) is 6.07 Å². The number of hydrogen-bond donors (Lipinski definition) is 1. The van der Waals surface area contributed by atoms with Gasteiger partial charge in [0.25, 0.3) is 0 Å². The molecule has 0 aliphatic carbocycles. The van der Waals surface area contributed by atoms with Crippen LogP contribution < -0.4 is 5.73 Å². The molecule has 4 heteroatoms. The van der Waals surface area contributed by atoms with Crippen LogP contribution in [-0.4, -0.2) is 13.7 Å². The van der Waals surface area contributed by atoms with Crippen LogP contribution >= 0.6 is 11.6 Å². The minimum atomic E-state index is -0.457. The summed E-state index contributed by atoms with van der Waals surface area (Å²) in [4.78, 5) is 0. The van der Waals surface area contributed by atoms with Gasteiger partial charge in [-0.25, -0.2) is 4.39 Å². The lowest BCUT2D eigenvalue weighted by atomic mass is 10.1. The second kappa shape index (κ2) is 4.56. The number of halogens is 2. The van der Waals surface area contributed by atoms with E-state index in [0.29, 0.717) is 5.56 Å². The van der Waals surface area contributed by atoms with Crippen molar-refractivity contribution in [2.45, 2.75) is 6.10 Å². The lowest BCUT2D eigenvalue weighted by Gasteiger charge is -2.14. The molecule has 0 aromatic heterocycles. The van der Waals surface area contributed by atoms with Crippen LogP contribution in [0.1, 0.15) is 11.7 Å². The molecule has 1 atom stereocenters. The standard InChI is InChI=1S/C9H11ClFNO/c1-13-8(5-12)6-3-2-4-7(10)9(6)11/h2-4,8H,5,12H2,1H3. The second-order valence-electron chi connectivity index (χ2n) is 2.60. The molecule has 72 valence electrons. The number of benzene rings is 1. The Bertz CT molecular complexity index is 289. The molecule has 0 saturated heterocycles. The molecule has 0 bridgehead atoms. The third-order valence-electron chi connectivity index (χ3n) is 1.83. The number of methoxy groups -OCH3 is 1. The smallest absolute Gasteiger partial charge is 0.147 e. The summed E-state index contributed by atoms with van der Waals surface area (Å²) in [7, 11) is 1.48. The van der Waals surface area contributed by atoms with E-state index >= 15 is 0 Å². The maximum Gasteiger partial charge on any atom is 0.147 e. The summed E-state index contributed by atoms with van der Waals surface area (Å²) in [5, 5.41) is 0.0907. The maximum absolute atomic E-state index is 13.4. The van der Waals surface area contributed by atoms with Crippen molar-refractivity contribution in [2.24, 2.45) is 5.73 Å².